The third-order valence-electron chi connectivity index (χ3n) is 7.96. The average Bonchev–Trinajstić information content (AvgIpc) is 2.96. The summed E-state index contributed by atoms with van der Waals surface area (Å²) in [6.07, 6.45) is 2.42. The lowest BCUT2D eigenvalue weighted by Crippen LogP contribution is -2.54. The molecule has 0 saturated carbocycles. The SMILES string of the molecule is C[C@H](NC(=O)C[C@H]1CC[C@@H]2[C@@H](COc3ccc(NC(=O)C4CCOCC4)cc3C(=O)N2C)O1)c1ccccc1. The zero-order valence-electron chi connectivity index (χ0n) is 22.6. The minimum Gasteiger partial charge on any atom is -0.490 e. The number of amides is 3. The van der Waals surface area contributed by atoms with Crippen molar-refractivity contribution in [3.05, 3.63) is 59.7 Å². The van der Waals surface area contributed by atoms with Gasteiger partial charge < -0.3 is 29.7 Å². The van der Waals surface area contributed by atoms with Gasteiger partial charge in [0.15, 0.2) is 0 Å². The molecule has 2 aromatic rings. The first-order valence-electron chi connectivity index (χ1n) is 13.8. The number of hydrogen-bond donors (Lipinski definition) is 2. The van der Waals surface area contributed by atoms with E-state index in [4.69, 9.17) is 14.2 Å². The highest BCUT2D eigenvalue weighted by molar-refractivity contribution is 6.00. The molecule has 0 aliphatic carbocycles. The molecule has 9 nitrogen and oxygen atoms in total. The lowest BCUT2D eigenvalue weighted by Gasteiger charge is -2.42. The van der Waals surface area contributed by atoms with Crippen LogP contribution in [-0.4, -0.2) is 67.7 Å². The van der Waals surface area contributed by atoms with Gasteiger partial charge in [-0.2, -0.15) is 0 Å². The van der Waals surface area contributed by atoms with Gasteiger partial charge in [-0.15, -0.1) is 0 Å². The molecule has 208 valence electrons. The second-order valence-electron chi connectivity index (χ2n) is 10.7. The Morgan fingerprint density at radius 2 is 1.82 bits per heavy atom. The van der Waals surface area contributed by atoms with Gasteiger partial charge in [0, 0.05) is 31.9 Å². The van der Waals surface area contributed by atoms with Gasteiger partial charge in [-0.3, -0.25) is 14.4 Å². The monoisotopic (exact) mass is 535 g/mol. The van der Waals surface area contributed by atoms with Crippen LogP contribution in [0.25, 0.3) is 0 Å². The van der Waals surface area contributed by atoms with Crippen molar-refractivity contribution in [3.63, 3.8) is 0 Å². The molecule has 5 rings (SSSR count). The van der Waals surface area contributed by atoms with Crippen molar-refractivity contribution < 1.29 is 28.6 Å². The van der Waals surface area contributed by atoms with Gasteiger partial charge >= 0.3 is 0 Å². The number of hydrogen-bond acceptors (Lipinski definition) is 6. The Hall–Kier alpha value is -3.43. The molecule has 9 heteroatoms. The second kappa shape index (κ2) is 12.2. The number of nitrogens with one attached hydrogen (secondary N) is 2. The largest absolute Gasteiger partial charge is 0.490 e. The fourth-order valence-electron chi connectivity index (χ4n) is 5.64. The number of nitrogens with zero attached hydrogens (tertiary/aromatic N) is 1. The van der Waals surface area contributed by atoms with Crippen molar-refractivity contribution in [3.8, 4) is 5.75 Å². The molecule has 0 aromatic heterocycles. The molecule has 0 unspecified atom stereocenters. The van der Waals surface area contributed by atoms with E-state index in [1.807, 2.05) is 37.3 Å². The van der Waals surface area contributed by atoms with Crippen LogP contribution in [0.15, 0.2) is 48.5 Å². The van der Waals surface area contributed by atoms with Gasteiger partial charge in [-0.05, 0) is 56.4 Å². The summed E-state index contributed by atoms with van der Waals surface area (Å²) in [5.74, 6) is 0.0615. The molecule has 0 bridgehead atoms. The maximum Gasteiger partial charge on any atom is 0.257 e. The van der Waals surface area contributed by atoms with Crippen molar-refractivity contribution >= 4 is 23.4 Å². The average molecular weight is 536 g/mol. The number of carbonyl (C=O) groups is 3. The summed E-state index contributed by atoms with van der Waals surface area (Å²) >= 11 is 0. The lowest BCUT2D eigenvalue weighted by molar-refractivity contribution is -0.134. The van der Waals surface area contributed by atoms with Crippen molar-refractivity contribution in [1.29, 1.82) is 0 Å². The molecule has 3 aliphatic heterocycles. The van der Waals surface area contributed by atoms with E-state index in [1.165, 1.54) is 0 Å². The van der Waals surface area contributed by atoms with E-state index in [-0.39, 0.29) is 61.0 Å². The lowest BCUT2D eigenvalue weighted by atomic mass is 9.94. The van der Waals surface area contributed by atoms with Gasteiger partial charge in [0.1, 0.15) is 18.5 Å². The third kappa shape index (κ3) is 6.42. The van der Waals surface area contributed by atoms with Crippen LogP contribution in [0.4, 0.5) is 5.69 Å². The van der Waals surface area contributed by atoms with Crippen molar-refractivity contribution in [2.45, 2.75) is 63.3 Å². The number of fused-ring (bicyclic) bond motifs is 2. The van der Waals surface area contributed by atoms with Gasteiger partial charge in [-0.1, -0.05) is 30.3 Å². The van der Waals surface area contributed by atoms with Gasteiger partial charge in [0.2, 0.25) is 11.8 Å². The standard InChI is InChI=1S/C30H37N3O6/c1-19(20-6-4-3-5-7-20)31-28(34)17-23-9-10-25-27(39-23)18-38-26-11-8-22(16-24(26)30(36)33(25)2)32-29(35)21-12-14-37-15-13-21/h3-8,11,16,19,21,23,25,27H,9-10,12-15,17-18H2,1-2H3,(H,31,34)(H,32,35)/t19-,23+,25+,27+/m0/s1. The van der Waals surface area contributed by atoms with Gasteiger partial charge in [0.05, 0.1) is 30.2 Å². The van der Waals surface area contributed by atoms with Crippen LogP contribution in [-0.2, 0) is 19.1 Å². The molecule has 0 spiro atoms. The molecular weight excluding hydrogens is 498 g/mol. The predicted molar refractivity (Wildman–Crippen MR) is 146 cm³/mol. The number of benzene rings is 2. The molecule has 3 amide bonds. The molecular formula is C30H37N3O6. The van der Waals surface area contributed by atoms with E-state index >= 15 is 0 Å². The quantitative estimate of drug-likeness (QED) is 0.584. The topological polar surface area (TPSA) is 106 Å². The first-order valence-corrected chi connectivity index (χ1v) is 13.8. The highest BCUT2D eigenvalue weighted by atomic mass is 16.5. The first kappa shape index (κ1) is 27.1. The number of ether oxygens (including phenoxy) is 3. The van der Waals surface area contributed by atoms with Crippen LogP contribution in [0, 0.1) is 5.92 Å². The van der Waals surface area contributed by atoms with Crippen LogP contribution in [0.1, 0.15) is 61.0 Å². The van der Waals surface area contributed by atoms with E-state index in [9.17, 15) is 14.4 Å². The Balaban J connectivity index is 1.21. The number of anilines is 1. The van der Waals surface area contributed by atoms with Crippen LogP contribution < -0.4 is 15.4 Å². The fraction of sp³-hybridized carbons (Fsp3) is 0.500. The zero-order valence-corrected chi connectivity index (χ0v) is 22.6. The van der Waals surface area contributed by atoms with Crippen LogP contribution in [0.3, 0.4) is 0 Å². The molecule has 2 saturated heterocycles. The zero-order chi connectivity index (χ0) is 27.4. The Morgan fingerprint density at radius 3 is 2.59 bits per heavy atom. The summed E-state index contributed by atoms with van der Waals surface area (Å²) in [4.78, 5) is 40.6. The molecule has 3 aliphatic rings. The van der Waals surface area contributed by atoms with Crippen molar-refractivity contribution in [2.24, 2.45) is 5.92 Å². The summed E-state index contributed by atoms with van der Waals surface area (Å²) < 4.78 is 17.7. The molecule has 3 heterocycles. The van der Waals surface area contributed by atoms with E-state index in [1.54, 1.807) is 30.1 Å². The smallest absolute Gasteiger partial charge is 0.257 e. The van der Waals surface area contributed by atoms with E-state index in [2.05, 4.69) is 10.6 Å². The van der Waals surface area contributed by atoms with Crippen LogP contribution in [0.5, 0.6) is 5.75 Å². The number of carbonyl (C=O) groups excluding carboxylic acids is 3. The second-order valence-corrected chi connectivity index (χ2v) is 10.7. The molecule has 2 N–H and O–H groups in total. The Labute approximate surface area is 229 Å². The minimum absolute atomic E-state index is 0.0557. The van der Waals surface area contributed by atoms with Crippen molar-refractivity contribution in [2.75, 3.05) is 32.2 Å². The fourth-order valence-corrected chi connectivity index (χ4v) is 5.64. The minimum atomic E-state index is -0.349. The maximum atomic E-state index is 13.5. The Bertz CT molecular complexity index is 1180. The molecule has 0 radical (unpaired) electrons. The van der Waals surface area contributed by atoms with Crippen LogP contribution in [0.2, 0.25) is 0 Å². The van der Waals surface area contributed by atoms with E-state index < -0.39 is 0 Å². The van der Waals surface area contributed by atoms with E-state index in [0.29, 0.717) is 55.9 Å². The normalized spacial score (nSPS) is 24.3. The third-order valence-corrected chi connectivity index (χ3v) is 7.96. The van der Waals surface area contributed by atoms with Crippen LogP contribution >= 0.6 is 0 Å². The van der Waals surface area contributed by atoms with E-state index in [0.717, 1.165) is 5.56 Å². The molecule has 2 fully saturated rings. The van der Waals surface area contributed by atoms with Gasteiger partial charge in [-0.25, -0.2) is 0 Å². The predicted octanol–water partition coefficient (Wildman–Crippen LogP) is 3.70. The Kier molecular flexibility index (Phi) is 8.47. The molecule has 2 aromatic carbocycles. The summed E-state index contributed by atoms with van der Waals surface area (Å²) in [5.41, 5.74) is 2.04. The van der Waals surface area contributed by atoms with Gasteiger partial charge in [0.25, 0.3) is 5.91 Å². The summed E-state index contributed by atoms with van der Waals surface area (Å²) in [7, 11) is 1.78. The summed E-state index contributed by atoms with van der Waals surface area (Å²) in [6.45, 7) is 3.40. The summed E-state index contributed by atoms with van der Waals surface area (Å²) in [5, 5.41) is 6.01. The number of likely N-dealkylation sites (N-methyl/N-ethyl adjacent to an activating group) is 1. The Morgan fingerprint density at radius 1 is 1.05 bits per heavy atom. The van der Waals surface area contributed by atoms with Crippen molar-refractivity contribution in [1.82, 2.24) is 10.2 Å². The molecule has 39 heavy (non-hydrogen) atoms. The highest BCUT2D eigenvalue weighted by Gasteiger charge is 2.39. The summed E-state index contributed by atoms with van der Waals surface area (Å²) in [6, 6.07) is 14.8. The molecule has 4 atom stereocenters. The number of rotatable bonds is 6. The highest BCUT2D eigenvalue weighted by Crippen LogP contribution is 2.33. The maximum absolute atomic E-state index is 13.5. The first-order chi connectivity index (χ1) is 18.9.